The molecule has 1 aliphatic rings. The van der Waals surface area contributed by atoms with Crippen LogP contribution < -0.4 is 5.73 Å². The Balaban J connectivity index is 1.99. The number of nitrogens with two attached hydrogens (primary N) is 1. The zero-order valence-corrected chi connectivity index (χ0v) is 10.1. The number of aromatic amines is 1. The minimum Gasteiger partial charge on any atom is -0.507 e. The first-order chi connectivity index (χ1) is 8.09. The number of nitrogens with one attached hydrogen (secondary N) is 1. The van der Waals surface area contributed by atoms with Crippen LogP contribution in [0.1, 0.15) is 30.5 Å². The Kier molecular flexibility index (Phi) is 2.20. The molecule has 1 aromatic carbocycles. The summed E-state index contributed by atoms with van der Waals surface area (Å²) in [5, 5.41) is 10.9. The second kappa shape index (κ2) is 3.50. The molecule has 1 heterocycles. The third kappa shape index (κ3) is 1.80. The molecule has 0 unspecified atom stereocenters. The predicted molar refractivity (Wildman–Crippen MR) is 69.2 cm³/mol. The van der Waals surface area contributed by atoms with E-state index in [0.717, 1.165) is 42.3 Å². The van der Waals surface area contributed by atoms with E-state index in [2.05, 4.69) is 11.9 Å². The Hall–Kier alpha value is -1.48. The molecule has 4 N–H and O–H groups in total. The molecule has 1 saturated carbocycles. The van der Waals surface area contributed by atoms with Gasteiger partial charge in [0.2, 0.25) is 0 Å². The van der Waals surface area contributed by atoms with Crippen molar-refractivity contribution in [2.45, 2.75) is 38.1 Å². The third-order valence-corrected chi connectivity index (χ3v) is 3.88. The lowest BCUT2D eigenvalue weighted by atomic mass is 10.0. The number of benzene rings is 1. The summed E-state index contributed by atoms with van der Waals surface area (Å²) in [5.41, 5.74) is 9.57. The Labute approximate surface area is 101 Å². The quantitative estimate of drug-likeness (QED) is 0.759. The molecule has 1 aromatic heterocycles. The smallest absolute Gasteiger partial charge is 0.125 e. The second-order valence-corrected chi connectivity index (χ2v) is 5.29. The van der Waals surface area contributed by atoms with E-state index < -0.39 is 0 Å². The summed E-state index contributed by atoms with van der Waals surface area (Å²) < 4.78 is 0. The highest BCUT2D eigenvalue weighted by Crippen LogP contribution is 2.38. The van der Waals surface area contributed by atoms with Crippen molar-refractivity contribution in [2.75, 3.05) is 0 Å². The predicted octanol–water partition coefficient (Wildman–Crippen LogP) is 2.61. The van der Waals surface area contributed by atoms with Crippen molar-refractivity contribution in [3.8, 4) is 5.75 Å². The molecular weight excluding hydrogens is 212 g/mol. The first-order valence-electron chi connectivity index (χ1n) is 6.17. The summed E-state index contributed by atoms with van der Waals surface area (Å²) in [7, 11) is 0. The molecule has 0 atom stereocenters. The molecule has 1 aliphatic carbocycles. The van der Waals surface area contributed by atoms with Gasteiger partial charge < -0.3 is 15.8 Å². The number of aromatic nitrogens is 1. The maximum atomic E-state index is 9.96. The fraction of sp³-hybridized carbons (Fsp3) is 0.429. The summed E-state index contributed by atoms with van der Waals surface area (Å²) in [5.74, 6) is 0.365. The average molecular weight is 230 g/mol. The number of rotatable bonds is 3. The maximum absolute atomic E-state index is 9.96. The summed E-state index contributed by atoms with van der Waals surface area (Å²) >= 11 is 0. The first kappa shape index (κ1) is 10.7. The topological polar surface area (TPSA) is 62.0 Å². The molecule has 3 nitrogen and oxygen atoms in total. The Morgan fingerprint density at radius 2 is 2.18 bits per heavy atom. The van der Waals surface area contributed by atoms with Crippen LogP contribution in [0.4, 0.5) is 0 Å². The number of phenolic OH excluding ortho intramolecular Hbond substituents is 1. The van der Waals surface area contributed by atoms with Crippen molar-refractivity contribution in [2.24, 2.45) is 5.73 Å². The van der Waals surface area contributed by atoms with Crippen LogP contribution in [0, 0.1) is 6.92 Å². The average Bonchev–Trinajstić information content (AvgIpc) is 2.91. The molecule has 0 spiro atoms. The van der Waals surface area contributed by atoms with Gasteiger partial charge in [0.15, 0.2) is 0 Å². The first-order valence-corrected chi connectivity index (χ1v) is 6.17. The number of phenols is 1. The largest absolute Gasteiger partial charge is 0.507 e. The van der Waals surface area contributed by atoms with Gasteiger partial charge >= 0.3 is 0 Å². The zero-order chi connectivity index (χ0) is 12.0. The molecule has 0 amide bonds. The maximum Gasteiger partial charge on any atom is 0.125 e. The van der Waals surface area contributed by atoms with Crippen LogP contribution >= 0.6 is 0 Å². The normalized spacial score (nSPS) is 17.5. The van der Waals surface area contributed by atoms with Gasteiger partial charge in [-0.3, -0.25) is 0 Å². The van der Waals surface area contributed by atoms with Crippen molar-refractivity contribution >= 4 is 10.9 Å². The van der Waals surface area contributed by atoms with Crippen LogP contribution in [0.5, 0.6) is 5.75 Å². The lowest BCUT2D eigenvalue weighted by Crippen LogP contribution is -2.22. The summed E-state index contributed by atoms with van der Waals surface area (Å²) in [6, 6.07) is 5.61. The van der Waals surface area contributed by atoms with Crippen molar-refractivity contribution in [1.82, 2.24) is 4.98 Å². The molecular formula is C14H18N2O. The van der Waals surface area contributed by atoms with Crippen molar-refractivity contribution in [1.29, 1.82) is 0 Å². The SMILES string of the molecule is Cc1[nH]c2cccc(O)c2c1CCC1(N)CC1. The Morgan fingerprint density at radius 3 is 2.88 bits per heavy atom. The monoisotopic (exact) mass is 230 g/mol. The zero-order valence-electron chi connectivity index (χ0n) is 10.1. The fourth-order valence-corrected chi connectivity index (χ4v) is 2.52. The van der Waals surface area contributed by atoms with E-state index >= 15 is 0 Å². The van der Waals surface area contributed by atoms with E-state index in [-0.39, 0.29) is 5.54 Å². The highest BCUT2D eigenvalue weighted by molar-refractivity contribution is 5.90. The molecule has 0 saturated heterocycles. The number of aryl methyl sites for hydroxylation is 2. The van der Waals surface area contributed by atoms with E-state index in [4.69, 9.17) is 5.73 Å². The van der Waals surface area contributed by atoms with E-state index in [1.807, 2.05) is 12.1 Å². The summed E-state index contributed by atoms with van der Waals surface area (Å²) in [6.45, 7) is 2.06. The summed E-state index contributed by atoms with van der Waals surface area (Å²) in [6.07, 6.45) is 4.23. The molecule has 0 aliphatic heterocycles. The number of hydrogen-bond acceptors (Lipinski definition) is 2. The molecule has 2 aromatic rings. The fourth-order valence-electron chi connectivity index (χ4n) is 2.52. The van der Waals surface area contributed by atoms with Gasteiger partial charge in [0.25, 0.3) is 0 Å². The number of fused-ring (bicyclic) bond motifs is 1. The number of aromatic hydroxyl groups is 1. The van der Waals surface area contributed by atoms with Crippen molar-refractivity contribution < 1.29 is 5.11 Å². The molecule has 1 fully saturated rings. The Bertz CT molecular complexity index is 567. The molecule has 3 heteroatoms. The van der Waals surface area contributed by atoms with Gasteiger partial charge in [0.05, 0.1) is 0 Å². The van der Waals surface area contributed by atoms with Crippen molar-refractivity contribution in [3.05, 3.63) is 29.5 Å². The standard InChI is InChI=1S/C14H18N2O/c1-9-10(5-6-14(15)7-8-14)13-11(16-9)3-2-4-12(13)17/h2-4,16-17H,5-8,15H2,1H3. The van der Waals surface area contributed by atoms with Crippen molar-refractivity contribution in [3.63, 3.8) is 0 Å². The molecule has 0 radical (unpaired) electrons. The van der Waals surface area contributed by atoms with E-state index in [1.165, 1.54) is 5.56 Å². The van der Waals surface area contributed by atoms with Crippen LogP contribution in [-0.4, -0.2) is 15.6 Å². The van der Waals surface area contributed by atoms with Gasteiger partial charge in [-0.25, -0.2) is 0 Å². The van der Waals surface area contributed by atoms with E-state index in [9.17, 15) is 5.11 Å². The van der Waals surface area contributed by atoms with Crippen LogP contribution in [0.3, 0.4) is 0 Å². The van der Waals surface area contributed by atoms with Crippen LogP contribution in [0.2, 0.25) is 0 Å². The van der Waals surface area contributed by atoms with Gasteiger partial charge in [0, 0.05) is 22.1 Å². The van der Waals surface area contributed by atoms with Crippen LogP contribution in [0.25, 0.3) is 10.9 Å². The Morgan fingerprint density at radius 1 is 1.41 bits per heavy atom. The van der Waals surface area contributed by atoms with Gasteiger partial charge in [0.1, 0.15) is 5.75 Å². The highest BCUT2D eigenvalue weighted by atomic mass is 16.3. The molecule has 17 heavy (non-hydrogen) atoms. The lowest BCUT2D eigenvalue weighted by Gasteiger charge is -2.08. The minimum atomic E-state index is 0.0699. The third-order valence-electron chi connectivity index (χ3n) is 3.88. The van der Waals surface area contributed by atoms with Gasteiger partial charge in [-0.1, -0.05) is 6.07 Å². The molecule has 0 bridgehead atoms. The number of H-pyrrole nitrogens is 1. The highest BCUT2D eigenvalue weighted by Gasteiger charge is 2.37. The summed E-state index contributed by atoms with van der Waals surface area (Å²) in [4.78, 5) is 3.32. The van der Waals surface area contributed by atoms with Gasteiger partial charge in [-0.05, 0) is 50.3 Å². The van der Waals surface area contributed by atoms with Crippen LogP contribution in [-0.2, 0) is 6.42 Å². The number of hydrogen-bond donors (Lipinski definition) is 3. The van der Waals surface area contributed by atoms with Gasteiger partial charge in [-0.2, -0.15) is 0 Å². The minimum absolute atomic E-state index is 0.0699. The molecule has 3 rings (SSSR count). The lowest BCUT2D eigenvalue weighted by molar-refractivity contribution is 0.481. The second-order valence-electron chi connectivity index (χ2n) is 5.29. The van der Waals surface area contributed by atoms with E-state index in [0.29, 0.717) is 5.75 Å². The molecule has 90 valence electrons. The van der Waals surface area contributed by atoms with Crippen LogP contribution in [0.15, 0.2) is 18.2 Å². The van der Waals surface area contributed by atoms with E-state index in [1.54, 1.807) is 6.07 Å². The van der Waals surface area contributed by atoms with Gasteiger partial charge in [-0.15, -0.1) is 0 Å².